The zero-order valence-electron chi connectivity index (χ0n) is 17.8. The van der Waals surface area contributed by atoms with Crippen LogP contribution in [0.15, 0.2) is 30.5 Å². The number of piperidine rings is 1. The fraction of sp³-hybridized carbons (Fsp3) is 0.625. The van der Waals surface area contributed by atoms with Crippen LogP contribution in [0.2, 0.25) is 0 Å². The maximum atomic E-state index is 9.63. The highest BCUT2D eigenvalue weighted by molar-refractivity contribution is 5.63. The summed E-state index contributed by atoms with van der Waals surface area (Å²) in [5.74, 6) is 0.749. The molecule has 0 amide bonds. The number of aryl methyl sites for hydroxylation is 1. The first-order valence-electron chi connectivity index (χ1n) is 11.4. The Morgan fingerprint density at radius 2 is 1.76 bits per heavy atom. The third-order valence-corrected chi connectivity index (χ3v) is 6.64. The molecule has 2 aliphatic rings. The smallest absolute Gasteiger partial charge is 0.0967 e. The lowest BCUT2D eigenvalue weighted by molar-refractivity contribution is 0.0830. The molecule has 29 heavy (non-hydrogen) atoms. The average Bonchev–Trinajstić information content (AvgIpc) is 3.14. The molecule has 0 atom stereocenters. The number of aliphatic hydroxyl groups excluding tert-OH is 1. The number of hydrogen-bond acceptors (Lipinski definition) is 4. The molecule has 0 bridgehead atoms. The quantitative estimate of drug-likeness (QED) is 0.701. The monoisotopic (exact) mass is 396 g/mol. The molecule has 0 unspecified atom stereocenters. The molecule has 5 heteroatoms. The van der Waals surface area contributed by atoms with Crippen LogP contribution in [0.25, 0.3) is 11.3 Å². The Hall–Kier alpha value is -1.69. The topological polar surface area (TPSA) is 53.3 Å². The minimum absolute atomic E-state index is 0.0957. The van der Waals surface area contributed by atoms with Crippen molar-refractivity contribution in [3.05, 3.63) is 41.6 Å². The Kier molecular flexibility index (Phi) is 7.01. The Morgan fingerprint density at radius 3 is 2.48 bits per heavy atom. The highest BCUT2D eigenvalue weighted by atomic mass is 16.3. The summed E-state index contributed by atoms with van der Waals surface area (Å²) in [6.45, 7) is 4.86. The van der Waals surface area contributed by atoms with Gasteiger partial charge in [-0.05, 0) is 37.2 Å². The van der Waals surface area contributed by atoms with Crippen molar-refractivity contribution < 1.29 is 5.11 Å². The van der Waals surface area contributed by atoms with Gasteiger partial charge in [0.1, 0.15) is 0 Å². The second kappa shape index (κ2) is 9.88. The Bertz CT molecular complexity index is 756. The van der Waals surface area contributed by atoms with Crippen LogP contribution < -0.4 is 5.32 Å². The summed E-state index contributed by atoms with van der Waals surface area (Å²) in [6.07, 6.45) is 10.7. The molecule has 2 heterocycles. The van der Waals surface area contributed by atoms with Crippen molar-refractivity contribution in [2.24, 2.45) is 7.05 Å². The van der Waals surface area contributed by atoms with E-state index in [1.165, 1.54) is 48.8 Å². The van der Waals surface area contributed by atoms with E-state index in [9.17, 15) is 5.11 Å². The van der Waals surface area contributed by atoms with Gasteiger partial charge >= 0.3 is 0 Å². The van der Waals surface area contributed by atoms with Gasteiger partial charge in [0.25, 0.3) is 0 Å². The van der Waals surface area contributed by atoms with Gasteiger partial charge in [0.15, 0.2) is 0 Å². The van der Waals surface area contributed by atoms with Crippen LogP contribution in [0, 0.1) is 0 Å². The van der Waals surface area contributed by atoms with E-state index < -0.39 is 0 Å². The summed E-state index contributed by atoms with van der Waals surface area (Å²) >= 11 is 0. The van der Waals surface area contributed by atoms with Crippen molar-refractivity contribution >= 4 is 0 Å². The lowest BCUT2D eigenvalue weighted by atomic mass is 9.84. The molecule has 1 aliphatic carbocycles. The number of rotatable bonds is 7. The van der Waals surface area contributed by atoms with Crippen molar-refractivity contribution in [3.8, 4) is 11.3 Å². The van der Waals surface area contributed by atoms with Gasteiger partial charge in [-0.3, -0.25) is 4.68 Å². The first kappa shape index (κ1) is 20.6. The van der Waals surface area contributed by atoms with Crippen LogP contribution in [0.1, 0.15) is 62.0 Å². The molecular formula is C24H36N4O. The van der Waals surface area contributed by atoms with E-state index in [-0.39, 0.29) is 6.10 Å². The summed E-state index contributed by atoms with van der Waals surface area (Å²) in [4.78, 5) is 2.44. The predicted octanol–water partition coefficient (Wildman–Crippen LogP) is 3.68. The molecule has 1 saturated carbocycles. The van der Waals surface area contributed by atoms with Gasteiger partial charge in [-0.25, -0.2) is 0 Å². The standard InChI is InChI=1S/C24H36N4O/c1-27-18-22(17-25-13-16-28-14-11-23(29)12-15-28)24(26-27)21-9-7-20(8-10-21)19-5-3-2-4-6-19/h7-10,18-19,23,25,29H,2-6,11-17H2,1H3. The third-order valence-electron chi connectivity index (χ3n) is 6.64. The minimum Gasteiger partial charge on any atom is -0.393 e. The molecule has 1 aliphatic heterocycles. The first-order valence-corrected chi connectivity index (χ1v) is 11.4. The number of benzene rings is 1. The van der Waals surface area contributed by atoms with Crippen molar-refractivity contribution in [3.63, 3.8) is 0 Å². The summed E-state index contributed by atoms with van der Waals surface area (Å²) in [5.41, 5.74) is 5.06. The van der Waals surface area contributed by atoms with Crippen molar-refractivity contribution in [2.45, 2.75) is 63.5 Å². The Balaban J connectivity index is 1.33. The van der Waals surface area contributed by atoms with E-state index in [1.54, 1.807) is 0 Å². The van der Waals surface area contributed by atoms with Crippen LogP contribution in [0.5, 0.6) is 0 Å². The maximum Gasteiger partial charge on any atom is 0.0967 e. The van der Waals surface area contributed by atoms with Crippen molar-refractivity contribution in [1.82, 2.24) is 20.0 Å². The number of nitrogens with one attached hydrogen (secondary N) is 1. The number of nitrogens with zero attached hydrogens (tertiary/aromatic N) is 3. The lowest BCUT2D eigenvalue weighted by Crippen LogP contribution is -2.39. The van der Waals surface area contributed by atoms with E-state index in [0.29, 0.717) is 0 Å². The van der Waals surface area contributed by atoms with E-state index in [2.05, 4.69) is 40.7 Å². The van der Waals surface area contributed by atoms with Gasteiger partial charge in [-0.15, -0.1) is 0 Å². The molecule has 5 nitrogen and oxygen atoms in total. The minimum atomic E-state index is -0.0957. The van der Waals surface area contributed by atoms with Crippen molar-refractivity contribution in [2.75, 3.05) is 26.2 Å². The SMILES string of the molecule is Cn1cc(CNCCN2CCC(O)CC2)c(-c2ccc(C3CCCCC3)cc2)n1. The molecule has 0 radical (unpaired) electrons. The van der Waals surface area contributed by atoms with E-state index in [0.717, 1.165) is 57.2 Å². The highest BCUT2D eigenvalue weighted by Crippen LogP contribution is 2.33. The van der Waals surface area contributed by atoms with Gasteiger partial charge in [-0.1, -0.05) is 43.5 Å². The van der Waals surface area contributed by atoms with Gasteiger partial charge in [0, 0.05) is 57.1 Å². The zero-order valence-corrected chi connectivity index (χ0v) is 17.8. The number of hydrogen-bond donors (Lipinski definition) is 2. The number of likely N-dealkylation sites (tertiary alicyclic amines) is 1. The predicted molar refractivity (Wildman–Crippen MR) is 118 cm³/mol. The molecule has 2 fully saturated rings. The molecule has 2 aromatic rings. The zero-order chi connectivity index (χ0) is 20.1. The molecule has 1 aromatic heterocycles. The molecule has 4 rings (SSSR count). The average molecular weight is 397 g/mol. The number of aromatic nitrogens is 2. The second-order valence-corrected chi connectivity index (χ2v) is 8.88. The molecule has 1 saturated heterocycles. The van der Waals surface area contributed by atoms with Gasteiger partial charge in [-0.2, -0.15) is 5.10 Å². The van der Waals surface area contributed by atoms with Crippen LogP contribution in [-0.4, -0.2) is 52.1 Å². The molecule has 2 N–H and O–H groups in total. The summed E-state index contributed by atoms with van der Waals surface area (Å²) < 4.78 is 1.92. The fourth-order valence-corrected chi connectivity index (χ4v) is 4.86. The van der Waals surface area contributed by atoms with Crippen LogP contribution in [0.4, 0.5) is 0 Å². The molecular weight excluding hydrogens is 360 g/mol. The van der Waals surface area contributed by atoms with Crippen molar-refractivity contribution in [1.29, 1.82) is 0 Å². The Morgan fingerprint density at radius 1 is 1.03 bits per heavy atom. The lowest BCUT2D eigenvalue weighted by Gasteiger charge is -2.29. The first-order chi connectivity index (χ1) is 14.2. The van der Waals surface area contributed by atoms with E-state index in [4.69, 9.17) is 5.10 Å². The van der Waals surface area contributed by atoms with Crippen LogP contribution >= 0.6 is 0 Å². The van der Waals surface area contributed by atoms with Crippen LogP contribution in [-0.2, 0) is 13.6 Å². The fourth-order valence-electron chi connectivity index (χ4n) is 4.86. The maximum absolute atomic E-state index is 9.63. The largest absolute Gasteiger partial charge is 0.393 e. The highest BCUT2D eigenvalue weighted by Gasteiger charge is 2.17. The van der Waals surface area contributed by atoms with Gasteiger partial charge < -0.3 is 15.3 Å². The molecule has 0 spiro atoms. The van der Waals surface area contributed by atoms with Gasteiger partial charge in [0.05, 0.1) is 11.8 Å². The molecule has 158 valence electrons. The Labute approximate surface area is 175 Å². The second-order valence-electron chi connectivity index (χ2n) is 8.88. The van der Waals surface area contributed by atoms with E-state index in [1.807, 2.05) is 11.7 Å². The number of aliphatic hydroxyl groups is 1. The third kappa shape index (κ3) is 5.47. The molecule has 1 aromatic carbocycles. The summed E-state index contributed by atoms with van der Waals surface area (Å²) in [5, 5.41) is 18.0. The van der Waals surface area contributed by atoms with E-state index >= 15 is 0 Å². The summed E-state index contributed by atoms with van der Waals surface area (Å²) in [7, 11) is 2.00. The van der Waals surface area contributed by atoms with Crippen LogP contribution in [0.3, 0.4) is 0 Å². The van der Waals surface area contributed by atoms with Gasteiger partial charge in [0.2, 0.25) is 0 Å². The summed E-state index contributed by atoms with van der Waals surface area (Å²) in [6, 6.07) is 9.16. The normalized spacial score (nSPS) is 19.7.